The summed E-state index contributed by atoms with van der Waals surface area (Å²) in [6.07, 6.45) is 4.08. The molecule has 0 amide bonds. The molecule has 10 aromatic heterocycles. The maximum absolute atomic E-state index is 5.67. The predicted octanol–water partition coefficient (Wildman–Crippen LogP) is 26.6. The number of hydrogen-bond acceptors (Lipinski definition) is 7. The largest absolute Gasteiger partial charge is 0.295 e. The van der Waals surface area contributed by atoms with Crippen molar-refractivity contribution in [2.45, 2.75) is 13.1 Å². The minimum atomic E-state index is -2.30. The third-order valence-electron chi connectivity index (χ3n) is 26.6. The minimum Gasteiger partial charge on any atom is -0.295 e. The molecule has 0 atom stereocenters. The average Bonchev–Trinajstić information content (AvgIpc) is 1.57. The third kappa shape index (κ3) is 10.3. The lowest BCUT2D eigenvalue weighted by atomic mass is 9.83. The summed E-state index contributed by atoms with van der Waals surface area (Å²) in [5.74, 6) is 2.12. The summed E-state index contributed by atoms with van der Waals surface area (Å²) in [4.78, 5) is 33.2. The molecule has 594 valence electrons. The summed E-state index contributed by atoms with van der Waals surface area (Å²) in [6, 6.07) is 137. The fourth-order valence-corrected chi connectivity index (χ4v) is 25.5. The zero-order chi connectivity index (χ0) is 83.4. The molecule has 0 saturated carbocycles. The van der Waals surface area contributed by atoms with E-state index in [-0.39, 0.29) is 0 Å². The van der Waals surface area contributed by atoms with E-state index in [1.807, 2.05) is 17.5 Å². The first-order chi connectivity index (χ1) is 62.8. The second-order valence-electron chi connectivity index (χ2n) is 33.7. The van der Waals surface area contributed by atoms with Crippen LogP contribution < -0.4 is 10.4 Å². The van der Waals surface area contributed by atoms with Crippen LogP contribution in [0.3, 0.4) is 0 Å². The molecule has 127 heavy (non-hydrogen) atoms. The Kier molecular flexibility index (Phi) is 15.3. The van der Waals surface area contributed by atoms with Crippen LogP contribution in [0.2, 0.25) is 13.1 Å². The van der Waals surface area contributed by atoms with E-state index in [1.54, 1.807) is 0 Å². The molecule has 0 spiro atoms. The highest BCUT2D eigenvalue weighted by Crippen LogP contribution is 2.52. The van der Waals surface area contributed by atoms with Crippen LogP contribution in [0.1, 0.15) is 0 Å². The monoisotopic (exact) mass is 1660 g/mol. The Bertz CT molecular complexity index is 9180. The highest BCUT2D eigenvalue weighted by molar-refractivity contribution is 7.26. The van der Waals surface area contributed by atoms with E-state index in [2.05, 4.69) is 433 Å². The van der Waals surface area contributed by atoms with Gasteiger partial charge >= 0.3 is 0 Å². The number of imidazole rings is 3. The zero-order valence-electron chi connectivity index (χ0n) is 68.7. The van der Waals surface area contributed by atoms with Gasteiger partial charge in [-0.05, 0) is 158 Å². The van der Waals surface area contributed by atoms with Crippen LogP contribution in [0.5, 0.6) is 0 Å². The van der Waals surface area contributed by atoms with E-state index in [9.17, 15) is 0 Å². The number of fused-ring (bicyclic) bond motifs is 36. The lowest BCUT2D eigenvalue weighted by molar-refractivity contribution is 0.961. The van der Waals surface area contributed by atoms with Crippen LogP contribution in [0.15, 0.2) is 395 Å². The van der Waals surface area contributed by atoms with Crippen molar-refractivity contribution in [1.29, 1.82) is 0 Å². The molecule has 26 aromatic rings. The first-order valence-electron chi connectivity index (χ1n) is 43.1. The van der Waals surface area contributed by atoms with Crippen LogP contribution in [0, 0.1) is 0 Å². The van der Waals surface area contributed by atoms with Crippen molar-refractivity contribution >= 4 is 150 Å². The Balaban J connectivity index is 0.000000132. The SMILES string of the molecule is C[Si](C)(c1cccc(-n2c3ccccc3c3c4ccccc4n(-c4ncc5c(n4)-c4ccccc4-c4ccccc4-c4ccccc4-5)c32)c1)c1cccc2c1sc1nc3ccccc3n12.c1cc(-n2c3ccccc3c3c4ccccc4n(-c4ncc5c(n4)-c4ccccc4-c4ccccc4-c4ccccc4-5)c32)cc(-n2c3ccccc3n3c4ccccc4nc23)c1. The van der Waals surface area contributed by atoms with Gasteiger partial charge < -0.3 is 0 Å². The molecule has 2 aliphatic carbocycles. The minimum absolute atomic E-state index is 0.610. The second kappa shape index (κ2) is 27.3. The highest BCUT2D eigenvalue weighted by Gasteiger charge is 2.34. The number of rotatable bonds is 7. The fraction of sp³-hybridized carbons (Fsp3) is 0.0179. The molecule has 0 radical (unpaired) electrons. The van der Waals surface area contributed by atoms with Crippen LogP contribution in [0.25, 0.3) is 238 Å². The van der Waals surface area contributed by atoms with E-state index >= 15 is 0 Å². The summed E-state index contributed by atoms with van der Waals surface area (Å²) in [6.45, 7) is 4.98. The van der Waals surface area contributed by atoms with E-state index in [0.29, 0.717) is 11.9 Å². The van der Waals surface area contributed by atoms with Crippen molar-refractivity contribution in [3.63, 3.8) is 0 Å². The Morgan fingerprint density at radius 3 is 1.06 bits per heavy atom. The summed E-state index contributed by atoms with van der Waals surface area (Å²) >= 11 is 1.81. The smallest absolute Gasteiger partial charge is 0.236 e. The molecule has 15 heteroatoms. The van der Waals surface area contributed by atoms with E-state index in [1.165, 1.54) is 75.5 Å². The average molecular weight is 1660 g/mol. The van der Waals surface area contributed by atoms with Crippen molar-refractivity contribution in [2.24, 2.45) is 0 Å². The molecule has 2 aliphatic rings. The van der Waals surface area contributed by atoms with Gasteiger partial charge in [0.15, 0.2) is 4.96 Å². The number of aromatic nitrogens is 13. The highest BCUT2D eigenvalue weighted by atomic mass is 32.1. The van der Waals surface area contributed by atoms with E-state index in [4.69, 9.17) is 29.9 Å². The van der Waals surface area contributed by atoms with Gasteiger partial charge in [0.25, 0.3) is 0 Å². The van der Waals surface area contributed by atoms with Crippen molar-refractivity contribution in [3.05, 3.63) is 395 Å². The van der Waals surface area contributed by atoms with Crippen molar-refractivity contribution < 1.29 is 0 Å². The summed E-state index contributed by atoms with van der Waals surface area (Å²) in [5.41, 5.74) is 34.9. The zero-order valence-corrected chi connectivity index (χ0v) is 70.6. The molecule has 16 aromatic carbocycles. The van der Waals surface area contributed by atoms with Crippen LogP contribution >= 0.6 is 11.3 Å². The first-order valence-corrected chi connectivity index (χ1v) is 46.9. The van der Waals surface area contributed by atoms with Crippen LogP contribution in [-0.4, -0.2) is 69.6 Å². The van der Waals surface area contributed by atoms with Gasteiger partial charge in [-0.2, -0.15) is 0 Å². The maximum atomic E-state index is 5.67. The Morgan fingerprint density at radius 1 is 0.252 bits per heavy atom. The standard InChI is InChI=1S/C57H38N6SSi.C55H33N7/c1-65(2,51-32-16-31-50-54(51)64-57-59-46-27-11-14-30-49(46)62(50)57)36-18-15-17-35(33-36)61-47-28-12-9-25-43(47)52-44-26-10-13-29-48(44)63(55(52)61)56-58-34-45-41-23-6-5-21-39(41)37-19-3-4-20-38(37)40-22-7-8-24-42(40)53(45)60-56;1-2-19-37-36(18-1)38-20-3-4-22-40(38)44-33-56-54(58-52(44)41-23-6-5-21-39(37)41)62-47-28-11-8-25-43(47)51-42-24-7-10-27-46(42)59(53(51)62)34-16-15-17-35(32-34)60-49-30-13-14-31-50(49)61-48-29-12-9-26-45(48)57-55(60)61/h3-34H,1-2H3;1-33H. The van der Waals surface area contributed by atoms with Gasteiger partial charge in [-0.15, -0.1) is 0 Å². The summed E-state index contributed by atoms with van der Waals surface area (Å²) in [5, 5.41) is 9.80. The molecule has 0 N–H and O–H groups in total. The quantitative estimate of drug-likeness (QED) is 0.147. The van der Waals surface area contributed by atoms with Crippen LogP contribution in [0.4, 0.5) is 0 Å². The number of hydrogen-bond donors (Lipinski definition) is 0. The molecule has 0 aliphatic heterocycles. The normalized spacial score (nSPS) is 12.3. The predicted molar refractivity (Wildman–Crippen MR) is 525 cm³/mol. The van der Waals surface area contributed by atoms with Gasteiger partial charge in [0.1, 0.15) is 19.4 Å². The lowest BCUT2D eigenvalue weighted by Gasteiger charge is -2.25. The molecule has 0 fully saturated rings. The van der Waals surface area contributed by atoms with Gasteiger partial charge in [0.05, 0.1) is 82.5 Å². The molecular formula is C112H71N13SSi. The van der Waals surface area contributed by atoms with Gasteiger partial charge in [0.2, 0.25) is 17.7 Å². The Morgan fingerprint density at radius 2 is 0.591 bits per heavy atom. The van der Waals surface area contributed by atoms with Crippen molar-refractivity contribution in [1.82, 2.24) is 61.5 Å². The molecule has 0 unspecified atom stereocenters. The lowest BCUT2D eigenvalue weighted by Crippen LogP contribution is -2.53. The molecule has 13 nitrogen and oxygen atoms in total. The van der Waals surface area contributed by atoms with Gasteiger partial charge in [-0.1, -0.05) is 315 Å². The fourth-order valence-electron chi connectivity index (χ4n) is 21.0. The number of para-hydroxylation sites is 10. The van der Waals surface area contributed by atoms with Crippen LogP contribution in [-0.2, 0) is 0 Å². The molecule has 28 rings (SSSR count). The Hall–Kier alpha value is -16.5. The second-order valence-corrected chi connectivity index (χ2v) is 39.0. The summed E-state index contributed by atoms with van der Waals surface area (Å²) in [7, 11) is -2.30. The topological polar surface area (TPSA) is 111 Å². The molecule has 10 heterocycles. The first kappa shape index (κ1) is 71.1. The number of benzene rings is 16. The molecular weight excluding hydrogens is 1590 g/mol. The molecule has 0 saturated heterocycles. The maximum Gasteiger partial charge on any atom is 0.236 e. The Labute approximate surface area is 731 Å². The molecule has 0 bridgehead atoms. The van der Waals surface area contributed by atoms with Crippen molar-refractivity contribution in [3.8, 4) is 118 Å². The van der Waals surface area contributed by atoms with Gasteiger partial charge in [-0.3, -0.25) is 31.6 Å². The third-order valence-corrected chi connectivity index (χ3v) is 31.4. The van der Waals surface area contributed by atoms with Crippen molar-refractivity contribution in [2.75, 3.05) is 0 Å². The van der Waals surface area contributed by atoms with E-state index in [0.717, 1.165) is 161 Å². The van der Waals surface area contributed by atoms with Gasteiger partial charge in [-0.25, -0.2) is 29.9 Å². The number of nitrogens with zero attached hydrogens (tertiary/aromatic N) is 13. The summed E-state index contributed by atoms with van der Waals surface area (Å²) < 4.78 is 17.6. The van der Waals surface area contributed by atoms with Gasteiger partial charge in [0, 0.05) is 78.3 Å². The number of thiazole rings is 1. The van der Waals surface area contributed by atoms with E-state index < -0.39 is 8.07 Å².